The van der Waals surface area contributed by atoms with Crippen molar-refractivity contribution < 1.29 is 0 Å². The van der Waals surface area contributed by atoms with E-state index in [9.17, 15) is 0 Å². The maximum atomic E-state index is 4.83. The standard InChI is InChI=1S/C17H21N3/c1-11-8-12(2)16(13(3)9-11)15-5-7-19-17(20-15)14-4-6-18-10-14/h5,7-9,14,18H,4,6,10H2,1-3H3. The van der Waals surface area contributed by atoms with Crippen LogP contribution >= 0.6 is 0 Å². The molecule has 0 saturated carbocycles. The van der Waals surface area contributed by atoms with Gasteiger partial charge in [-0.25, -0.2) is 9.97 Å². The van der Waals surface area contributed by atoms with Gasteiger partial charge >= 0.3 is 0 Å². The molecule has 3 heteroatoms. The Kier molecular flexibility index (Phi) is 3.53. The second-order valence-corrected chi connectivity index (χ2v) is 5.76. The lowest BCUT2D eigenvalue weighted by Crippen LogP contribution is -2.10. The number of benzene rings is 1. The number of rotatable bonds is 2. The van der Waals surface area contributed by atoms with Crippen LogP contribution < -0.4 is 5.32 Å². The molecule has 2 heterocycles. The zero-order valence-electron chi connectivity index (χ0n) is 12.4. The monoisotopic (exact) mass is 267 g/mol. The highest BCUT2D eigenvalue weighted by atomic mass is 15.0. The van der Waals surface area contributed by atoms with E-state index in [0.717, 1.165) is 31.0 Å². The predicted octanol–water partition coefficient (Wildman–Crippen LogP) is 3.15. The fraction of sp³-hybridized carbons (Fsp3) is 0.412. The van der Waals surface area contributed by atoms with Gasteiger partial charge in [-0.3, -0.25) is 0 Å². The number of aryl methyl sites for hydroxylation is 3. The van der Waals surface area contributed by atoms with Crippen molar-refractivity contribution in [3.05, 3.63) is 46.9 Å². The van der Waals surface area contributed by atoms with Gasteiger partial charge in [-0.05, 0) is 50.9 Å². The van der Waals surface area contributed by atoms with Crippen molar-refractivity contribution >= 4 is 0 Å². The van der Waals surface area contributed by atoms with Crippen molar-refractivity contribution in [3.63, 3.8) is 0 Å². The Morgan fingerprint density at radius 1 is 1.15 bits per heavy atom. The van der Waals surface area contributed by atoms with Crippen molar-refractivity contribution in [2.75, 3.05) is 13.1 Å². The Labute approximate surface area is 120 Å². The minimum Gasteiger partial charge on any atom is -0.316 e. The molecule has 3 nitrogen and oxygen atoms in total. The molecular weight excluding hydrogens is 246 g/mol. The van der Waals surface area contributed by atoms with Crippen LogP contribution in [0.15, 0.2) is 24.4 Å². The normalized spacial score (nSPS) is 18.4. The highest BCUT2D eigenvalue weighted by molar-refractivity contribution is 5.68. The molecule has 1 saturated heterocycles. The average Bonchev–Trinajstić information content (AvgIpc) is 2.91. The summed E-state index contributed by atoms with van der Waals surface area (Å²) >= 11 is 0. The molecule has 0 amide bonds. The summed E-state index contributed by atoms with van der Waals surface area (Å²) in [6, 6.07) is 6.47. The van der Waals surface area contributed by atoms with E-state index in [0.29, 0.717) is 5.92 Å². The molecule has 0 radical (unpaired) electrons. The first-order valence-electron chi connectivity index (χ1n) is 7.27. The SMILES string of the molecule is Cc1cc(C)c(-c2ccnc(C3CCNC3)n2)c(C)c1. The highest BCUT2D eigenvalue weighted by Gasteiger charge is 2.20. The molecule has 1 N–H and O–H groups in total. The molecular formula is C17H21N3. The third kappa shape index (κ3) is 2.46. The second-order valence-electron chi connectivity index (χ2n) is 5.76. The van der Waals surface area contributed by atoms with E-state index in [4.69, 9.17) is 4.98 Å². The van der Waals surface area contributed by atoms with Gasteiger partial charge in [0.25, 0.3) is 0 Å². The third-order valence-corrected chi connectivity index (χ3v) is 4.03. The Morgan fingerprint density at radius 3 is 2.55 bits per heavy atom. The molecule has 3 rings (SSSR count). The second kappa shape index (κ2) is 5.33. The number of nitrogens with zero attached hydrogens (tertiary/aromatic N) is 2. The number of aromatic nitrogens is 2. The van der Waals surface area contributed by atoms with E-state index in [-0.39, 0.29) is 0 Å². The molecule has 1 aliphatic rings. The zero-order chi connectivity index (χ0) is 14.1. The van der Waals surface area contributed by atoms with Crippen LogP contribution in [0.2, 0.25) is 0 Å². The van der Waals surface area contributed by atoms with E-state index >= 15 is 0 Å². The predicted molar refractivity (Wildman–Crippen MR) is 81.9 cm³/mol. The largest absolute Gasteiger partial charge is 0.316 e. The first-order valence-corrected chi connectivity index (χ1v) is 7.27. The summed E-state index contributed by atoms with van der Waals surface area (Å²) in [5, 5.41) is 3.38. The van der Waals surface area contributed by atoms with Crippen LogP contribution in [-0.2, 0) is 0 Å². The van der Waals surface area contributed by atoms with Gasteiger partial charge in [-0.15, -0.1) is 0 Å². The van der Waals surface area contributed by atoms with Gasteiger partial charge in [-0.1, -0.05) is 17.7 Å². The van der Waals surface area contributed by atoms with E-state index in [1.807, 2.05) is 12.3 Å². The van der Waals surface area contributed by atoms with Crippen molar-refractivity contribution in [2.24, 2.45) is 0 Å². The van der Waals surface area contributed by atoms with Crippen LogP contribution in [0.25, 0.3) is 11.3 Å². The minimum absolute atomic E-state index is 0.459. The molecule has 1 fully saturated rings. The zero-order valence-corrected chi connectivity index (χ0v) is 12.4. The molecule has 104 valence electrons. The average molecular weight is 267 g/mol. The fourth-order valence-corrected chi connectivity index (χ4v) is 3.17. The minimum atomic E-state index is 0.459. The van der Waals surface area contributed by atoms with Gasteiger partial charge in [0, 0.05) is 24.2 Å². The Hall–Kier alpha value is -1.74. The summed E-state index contributed by atoms with van der Waals surface area (Å²) in [6.07, 6.45) is 3.03. The summed E-state index contributed by atoms with van der Waals surface area (Å²) in [5.41, 5.74) is 6.19. The van der Waals surface area contributed by atoms with Crippen molar-refractivity contribution in [2.45, 2.75) is 33.1 Å². The molecule has 1 aromatic carbocycles. The number of nitrogens with one attached hydrogen (secondary N) is 1. The summed E-state index contributed by atoms with van der Waals surface area (Å²) in [6.45, 7) is 8.53. The van der Waals surface area contributed by atoms with Gasteiger partial charge in [0.05, 0.1) is 5.69 Å². The lowest BCUT2D eigenvalue weighted by atomic mass is 9.97. The fourth-order valence-electron chi connectivity index (χ4n) is 3.17. The quantitative estimate of drug-likeness (QED) is 0.908. The Morgan fingerprint density at radius 2 is 1.90 bits per heavy atom. The highest BCUT2D eigenvalue weighted by Crippen LogP contribution is 2.28. The molecule has 0 bridgehead atoms. The van der Waals surface area contributed by atoms with E-state index in [1.165, 1.54) is 22.3 Å². The van der Waals surface area contributed by atoms with E-state index in [2.05, 4.69) is 43.2 Å². The van der Waals surface area contributed by atoms with E-state index in [1.54, 1.807) is 0 Å². The van der Waals surface area contributed by atoms with Gasteiger partial charge in [0.2, 0.25) is 0 Å². The van der Waals surface area contributed by atoms with Gasteiger partial charge < -0.3 is 5.32 Å². The number of hydrogen-bond donors (Lipinski definition) is 1. The van der Waals surface area contributed by atoms with Crippen molar-refractivity contribution in [1.82, 2.24) is 15.3 Å². The molecule has 20 heavy (non-hydrogen) atoms. The molecule has 0 aliphatic carbocycles. The van der Waals surface area contributed by atoms with Crippen molar-refractivity contribution in [3.8, 4) is 11.3 Å². The Bertz CT molecular complexity index is 605. The first kappa shape index (κ1) is 13.3. The smallest absolute Gasteiger partial charge is 0.133 e. The van der Waals surface area contributed by atoms with Gasteiger partial charge in [-0.2, -0.15) is 0 Å². The first-order chi connectivity index (χ1) is 9.65. The van der Waals surface area contributed by atoms with Crippen LogP contribution in [0.1, 0.15) is 34.9 Å². The topological polar surface area (TPSA) is 37.8 Å². The van der Waals surface area contributed by atoms with Gasteiger partial charge in [0.1, 0.15) is 5.82 Å². The molecule has 1 unspecified atom stereocenters. The molecule has 2 aromatic rings. The molecule has 1 aromatic heterocycles. The van der Waals surface area contributed by atoms with Crippen LogP contribution in [0.3, 0.4) is 0 Å². The van der Waals surface area contributed by atoms with Crippen molar-refractivity contribution in [1.29, 1.82) is 0 Å². The molecule has 1 atom stereocenters. The summed E-state index contributed by atoms with van der Waals surface area (Å²) in [5.74, 6) is 1.44. The number of hydrogen-bond acceptors (Lipinski definition) is 3. The lowest BCUT2D eigenvalue weighted by Gasteiger charge is -2.13. The summed E-state index contributed by atoms with van der Waals surface area (Å²) in [7, 11) is 0. The maximum absolute atomic E-state index is 4.83. The molecule has 0 spiro atoms. The Balaban J connectivity index is 2.04. The molecule has 1 aliphatic heterocycles. The lowest BCUT2D eigenvalue weighted by molar-refractivity contribution is 0.702. The van der Waals surface area contributed by atoms with Crippen LogP contribution in [0, 0.1) is 20.8 Å². The van der Waals surface area contributed by atoms with Gasteiger partial charge in [0.15, 0.2) is 0 Å². The van der Waals surface area contributed by atoms with Crippen LogP contribution in [0.4, 0.5) is 0 Å². The van der Waals surface area contributed by atoms with Crippen LogP contribution in [0.5, 0.6) is 0 Å². The maximum Gasteiger partial charge on any atom is 0.133 e. The third-order valence-electron chi connectivity index (χ3n) is 4.03. The summed E-state index contributed by atoms with van der Waals surface area (Å²) in [4.78, 5) is 9.30. The van der Waals surface area contributed by atoms with Crippen LogP contribution in [-0.4, -0.2) is 23.1 Å². The van der Waals surface area contributed by atoms with E-state index < -0.39 is 0 Å². The summed E-state index contributed by atoms with van der Waals surface area (Å²) < 4.78 is 0.